The Balaban J connectivity index is 2.84. The number of nitrogens with zero attached hydrogens (tertiary/aromatic N) is 4. The van der Waals surface area contributed by atoms with E-state index in [0.717, 1.165) is 0 Å². The molecule has 0 aliphatic carbocycles. The summed E-state index contributed by atoms with van der Waals surface area (Å²) in [6, 6.07) is 13.6. The second kappa shape index (κ2) is 5.78. The SMILES string of the molecule is N#Cc1c(C#N)c(C#N)c2c(C(F)(F)F)c3ccccc3cc2c1C#N. The van der Waals surface area contributed by atoms with Gasteiger partial charge in [0.1, 0.15) is 24.3 Å². The number of alkyl halides is 3. The molecule has 0 aliphatic heterocycles. The first kappa shape index (κ1) is 16.8. The van der Waals surface area contributed by atoms with Crippen molar-refractivity contribution >= 4 is 21.5 Å². The molecule has 0 saturated heterocycles. The monoisotopic (exact) mass is 346 g/mol. The van der Waals surface area contributed by atoms with E-state index in [1.807, 2.05) is 0 Å². The number of rotatable bonds is 0. The van der Waals surface area contributed by atoms with Gasteiger partial charge in [0.2, 0.25) is 0 Å². The Kier molecular flexibility index (Phi) is 3.73. The summed E-state index contributed by atoms with van der Waals surface area (Å²) in [7, 11) is 0. The number of fused-ring (bicyclic) bond motifs is 2. The van der Waals surface area contributed by atoms with E-state index < -0.39 is 33.8 Å². The van der Waals surface area contributed by atoms with E-state index >= 15 is 0 Å². The van der Waals surface area contributed by atoms with Crippen molar-refractivity contribution in [2.45, 2.75) is 6.18 Å². The minimum atomic E-state index is -4.83. The second-order valence-corrected chi connectivity index (χ2v) is 5.34. The molecular formula is C19H5F3N4. The number of hydrogen-bond donors (Lipinski definition) is 0. The maximum absolute atomic E-state index is 13.9. The lowest BCUT2D eigenvalue weighted by atomic mass is 9.86. The van der Waals surface area contributed by atoms with Gasteiger partial charge in [-0.05, 0) is 16.8 Å². The fourth-order valence-corrected chi connectivity index (χ4v) is 3.06. The minimum Gasteiger partial charge on any atom is -0.192 e. The molecule has 26 heavy (non-hydrogen) atoms. The van der Waals surface area contributed by atoms with Crippen molar-refractivity contribution < 1.29 is 13.2 Å². The molecule has 0 heterocycles. The lowest BCUT2D eigenvalue weighted by Gasteiger charge is -2.17. The summed E-state index contributed by atoms with van der Waals surface area (Å²) in [5, 5.41) is 36.8. The smallest absolute Gasteiger partial charge is 0.192 e. The maximum Gasteiger partial charge on any atom is 0.417 e. The molecule has 7 heteroatoms. The molecule has 0 N–H and O–H groups in total. The predicted octanol–water partition coefficient (Wildman–Crippen LogP) is 4.50. The number of benzene rings is 3. The summed E-state index contributed by atoms with van der Waals surface area (Å²) >= 11 is 0. The van der Waals surface area contributed by atoms with Crippen molar-refractivity contribution in [3.8, 4) is 24.3 Å². The van der Waals surface area contributed by atoms with Crippen molar-refractivity contribution in [2.24, 2.45) is 0 Å². The van der Waals surface area contributed by atoms with Gasteiger partial charge < -0.3 is 0 Å². The van der Waals surface area contributed by atoms with Gasteiger partial charge in [0.25, 0.3) is 0 Å². The third kappa shape index (κ3) is 2.20. The van der Waals surface area contributed by atoms with Crippen LogP contribution in [-0.2, 0) is 6.18 Å². The quantitative estimate of drug-likeness (QED) is 0.560. The first-order chi connectivity index (χ1) is 12.4. The van der Waals surface area contributed by atoms with Gasteiger partial charge in [-0.1, -0.05) is 24.3 Å². The zero-order valence-electron chi connectivity index (χ0n) is 12.8. The molecule has 3 rings (SSSR count). The van der Waals surface area contributed by atoms with Gasteiger partial charge >= 0.3 is 6.18 Å². The van der Waals surface area contributed by atoms with Crippen LogP contribution < -0.4 is 0 Å². The highest BCUT2D eigenvalue weighted by molar-refractivity contribution is 6.08. The first-order valence-electron chi connectivity index (χ1n) is 7.12. The lowest BCUT2D eigenvalue weighted by molar-refractivity contribution is -0.135. The lowest BCUT2D eigenvalue weighted by Crippen LogP contribution is -2.10. The van der Waals surface area contributed by atoms with Gasteiger partial charge in [0.05, 0.1) is 27.8 Å². The van der Waals surface area contributed by atoms with Crippen molar-refractivity contribution in [3.05, 3.63) is 58.1 Å². The van der Waals surface area contributed by atoms with Gasteiger partial charge in [-0.3, -0.25) is 0 Å². The maximum atomic E-state index is 13.9. The Morgan fingerprint density at radius 1 is 0.692 bits per heavy atom. The molecule has 0 aromatic heterocycles. The molecule has 3 aromatic carbocycles. The molecule has 0 fully saturated rings. The van der Waals surface area contributed by atoms with E-state index in [2.05, 4.69) is 0 Å². The molecule has 0 spiro atoms. The molecule has 4 nitrogen and oxygen atoms in total. The Morgan fingerprint density at radius 3 is 1.77 bits per heavy atom. The Morgan fingerprint density at radius 2 is 1.23 bits per heavy atom. The number of nitriles is 4. The number of halogens is 3. The van der Waals surface area contributed by atoms with Crippen LogP contribution in [0.2, 0.25) is 0 Å². The summed E-state index contributed by atoms with van der Waals surface area (Å²) in [6.07, 6.45) is -4.83. The molecule has 0 radical (unpaired) electrons. The van der Waals surface area contributed by atoms with Crippen LogP contribution in [0.15, 0.2) is 30.3 Å². The summed E-state index contributed by atoms with van der Waals surface area (Å²) in [4.78, 5) is 0. The highest BCUT2D eigenvalue weighted by Gasteiger charge is 2.37. The van der Waals surface area contributed by atoms with Crippen LogP contribution in [0, 0.1) is 45.3 Å². The Hall–Kier alpha value is -4.07. The summed E-state index contributed by atoms with van der Waals surface area (Å²) in [5.41, 5.74) is -2.94. The Bertz CT molecular complexity index is 1260. The molecule has 122 valence electrons. The highest BCUT2D eigenvalue weighted by Crippen LogP contribution is 2.43. The molecule has 0 saturated carbocycles. The van der Waals surface area contributed by atoms with Crippen LogP contribution in [0.3, 0.4) is 0 Å². The molecule has 0 bridgehead atoms. The van der Waals surface area contributed by atoms with E-state index in [4.69, 9.17) is 0 Å². The largest absolute Gasteiger partial charge is 0.417 e. The number of hydrogen-bond acceptors (Lipinski definition) is 4. The summed E-state index contributed by atoms with van der Waals surface area (Å²) < 4.78 is 41.6. The van der Waals surface area contributed by atoms with Crippen LogP contribution in [-0.4, -0.2) is 0 Å². The van der Waals surface area contributed by atoms with E-state index in [0.29, 0.717) is 0 Å². The minimum absolute atomic E-state index is 0.151. The molecule has 3 aromatic rings. The standard InChI is InChI=1S/C19H5F3N4/c20-19(21,22)18-11-4-2-1-3-10(11)5-12-13(6-23)14(7-24)15(8-25)16(9-26)17(12)18/h1-5H. The third-order valence-corrected chi connectivity index (χ3v) is 4.05. The second-order valence-electron chi connectivity index (χ2n) is 5.34. The van der Waals surface area contributed by atoms with Crippen LogP contribution >= 0.6 is 0 Å². The van der Waals surface area contributed by atoms with Crippen LogP contribution in [0.25, 0.3) is 21.5 Å². The summed E-state index contributed by atoms with van der Waals surface area (Å²) in [5.74, 6) is 0. The van der Waals surface area contributed by atoms with E-state index in [1.165, 1.54) is 24.3 Å². The van der Waals surface area contributed by atoms with Crippen LogP contribution in [0.5, 0.6) is 0 Å². The van der Waals surface area contributed by atoms with Crippen molar-refractivity contribution in [3.63, 3.8) is 0 Å². The predicted molar refractivity (Wildman–Crippen MR) is 85.3 cm³/mol. The molecule has 0 amide bonds. The average molecular weight is 346 g/mol. The molecular weight excluding hydrogens is 341 g/mol. The first-order valence-corrected chi connectivity index (χ1v) is 7.12. The van der Waals surface area contributed by atoms with E-state index in [9.17, 15) is 34.2 Å². The van der Waals surface area contributed by atoms with E-state index in [-0.39, 0.29) is 21.7 Å². The Labute approximate surface area is 145 Å². The van der Waals surface area contributed by atoms with Gasteiger partial charge in [-0.15, -0.1) is 0 Å². The average Bonchev–Trinajstić information content (AvgIpc) is 2.62. The summed E-state index contributed by atoms with van der Waals surface area (Å²) in [6.45, 7) is 0. The van der Waals surface area contributed by atoms with Crippen molar-refractivity contribution in [1.29, 1.82) is 21.0 Å². The van der Waals surface area contributed by atoms with Crippen LogP contribution in [0.4, 0.5) is 13.2 Å². The third-order valence-electron chi connectivity index (χ3n) is 4.05. The van der Waals surface area contributed by atoms with E-state index in [1.54, 1.807) is 30.3 Å². The van der Waals surface area contributed by atoms with Gasteiger partial charge in [-0.25, -0.2) is 0 Å². The normalized spacial score (nSPS) is 10.7. The molecule has 0 aliphatic rings. The highest BCUT2D eigenvalue weighted by atomic mass is 19.4. The topological polar surface area (TPSA) is 95.2 Å². The zero-order chi connectivity index (χ0) is 19.1. The van der Waals surface area contributed by atoms with Gasteiger partial charge in [0.15, 0.2) is 0 Å². The zero-order valence-corrected chi connectivity index (χ0v) is 12.8. The van der Waals surface area contributed by atoms with Crippen molar-refractivity contribution in [1.82, 2.24) is 0 Å². The van der Waals surface area contributed by atoms with Gasteiger partial charge in [-0.2, -0.15) is 34.2 Å². The molecule has 0 atom stereocenters. The van der Waals surface area contributed by atoms with Crippen molar-refractivity contribution in [2.75, 3.05) is 0 Å². The fraction of sp³-hybridized carbons (Fsp3) is 0.0526. The van der Waals surface area contributed by atoms with Gasteiger partial charge in [0, 0.05) is 10.8 Å². The van der Waals surface area contributed by atoms with Crippen LogP contribution in [0.1, 0.15) is 27.8 Å². The fourth-order valence-electron chi connectivity index (χ4n) is 3.06. The molecule has 0 unspecified atom stereocenters.